The summed E-state index contributed by atoms with van der Waals surface area (Å²) in [4.78, 5) is 0. The second-order valence-electron chi connectivity index (χ2n) is 5.50. The highest BCUT2D eigenvalue weighted by Gasteiger charge is 2.43. The van der Waals surface area contributed by atoms with Gasteiger partial charge in [0.25, 0.3) is 0 Å². The zero-order valence-corrected chi connectivity index (χ0v) is 11.6. The van der Waals surface area contributed by atoms with Crippen molar-refractivity contribution in [3.63, 3.8) is 0 Å². The Hall–Kier alpha value is -1.61. The van der Waals surface area contributed by atoms with Crippen LogP contribution in [0.3, 0.4) is 0 Å². The Morgan fingerprint density at radius 1 is 1.37 bits per heavy atom. The molecule has 1 aromatic heterocycles. The van der Waals surface area contributed by atoms with Gasteiger partial charge in [-0.05, 0) is 30.2 Å². The van der Waals surface area contributed by atoms with Crippen molar-refractivity contribution in [2.75, 3.05) is 0 Å². The van der Waals surface area contributed by atoms with Gasteiger partial charge in [0.05, 0.1) is 5.69 Å². The minimum Gasteiger partial charge on any atom is -0.324 e. The number of benzene rings is 1. The highest BCUT2D eigenvalue weighted by atomic mass is 15.3. The normalized spacial score (nSPS) is 23.3. The van der Waals surface area contributed by atoms with Crippen molar-refractivity contribution in [3.05, 3.63) is 53.3 Å². The predicted octanol–water partition coefficient (Wildman–Crippen LogP) is 2.79. The maximum absolute atomic E-state index is 6.46. The molecule has 1 aliphatic carbocycles. The van der Waals surface area contributed by atoms with Gasteiger partial charge in [-0.2, -0.15) is 5.10 Å². The molecular formula is C16H21N3. The van der Waals surface area contributed by atoms with E-state index in [-0.39, 0.29) is 6.04 Å². The fourth-order valence-corrected chi connectivity index (χ4v) is 3.03. The van der Waals surface area contributed by atoms with Crippen LogP contribution < -0.4 is 5.73 Å². The average Bonchev–Trinajstić information content (AvgIpc) is 3.15. The molecule has 1 saturated carbocycles. The average molecular weight is 255 g/mol. The molecule has 0 saturated heterocycles. The number of aryl methyl sites for hydroxylation is 2. The third-order valence-corrected chi connectivity index (χ3v) is 4.16. The summed E-state index contributed by atoms with van der Waals surface area (Å²) in [5.74, 6) is 1.19. The van der Waals surface area contributed by atoms with Crippen molar-refractivity contribution in [1.82, 2.24) is 9.78 Å². The summed E-state index contributed by atoms with van der Waals surface area (Å²) in [6.45, 7) is 2.14. The van der Waals surface area contributed by atoms with Crippen LogP contribution in [0.2, 0.25) is 0 Å². The fourth-order valence-electron chi connectivity index (χ4n) is 3.03. The van der Waals surface area contributed by atoms with E-state index in [1.807, 2.05) is 11.7 Å². The number of rotatable bonds is 4. The highest BCUT2D eigenvalue weighted by Crippen LogP contribution is 2.53. The lowest BCUT2D eigenvalue weighted by atomic mass is 9.99. The van der Waals surface area contributed by atoms with Gasteiger partial charge in [0.1, 0.15) is 0 Å². The van der Waals surface area contributed by atoms with E-state index < -0.39 is 0 Å². The topological polar surface area (TPSA) is 43.8 Å². The van der Waals surface area contributed by atoms with Gasteiger partial charge in [-0.3, -0.25) is 4.68 Å². The molecule has 1 fully saturated rings. The maximum atomic E-state index is 6.46. The van der Waals surface area contributed by atoms with Crippen LogP contribution >= 0.6 is 0 Å². The molecule has 1 heterocycles. The Labute approximate surface area is 114 Å². The van der Waals surface area contributed by atoms with Gasteiger partial charge in [0.2, 0.25) is 0 Å². The predicted molar refractivity (Wildman–Crippen MR) is 76.8 cm³/mol. The van der Waals surface area contributed by atoms with Gasteiger partial charge < -0.3 is 5.73 Å². The monoisotopic (exact) mass is 255 g/mol. The highest BCUT2D eigenvalue weighted by molar-refractivity contribution is 5.31. The number of hydrogen-bond acceptors (Lipinski definition) is 2. The maximum Gasteiger partial charge on any atom is 0.0669 e. The van der Waals surface area contributed by atoms with Crippen LogP contribution in [-0.4, -0.2) is 9.78 Å². The molecule has 0 spiro atoms. The zero-order valence-electron chi connectivity index (χ0n) is 11.6. The first-order chi connectivity index (χ1) is 9.20. The summed E-state index contributed by atoms with van der Waals surface area (Å²) < 4.78 is 1.88. The summed E-state index contributed by atoms with van der Waals surface area (Å²) in [5.41, 5.74) is 10.3. The van der Waals surface area contributed by atoms with Crippen molar-refractivity contribution < 1.29 is 0 Å². The molecule has 0 aliphatic heterocycles. The van der Waals surface area contributed by atoms with Crippen LogP contribution in [0.5, 0.6) is 0 Å². The SMILES string of the molecule is CCc1nn(C)cc1C(N)C1CC1c1ccccc1. The molecule has 100 valence electrons. The summed E-state index contributed by atoms with van der Waals surface area (Å²) in [6.07, 6.45) is 4.24. The molecule has 3 nitrogen and oxygen atoms in total. The molecule has 0 amide bonds. The lowest BCUT2D eigenvalue weighted by Gasteiger charge is -2.11. The van der Waals surface area contributed by atoms with E-state index in [0.717, 1.165) is 12.1 Å². The molecule has 1 aliphatic rings. The minimum atomic E-state index is 0.119. The molecular weight excluding hydrogens is 234 g/mol. The van der Waals surface area contributed by atoms with Crippen LogP contribution in [0.4, 0.5) is 0 Å². The van der Waals surface area contributed by atoms with Crippen LogP contribution in [-0.2, 0) is 13.5 Å². The van der Waals surface area contributed by atoms with Gasteiger partial charge in [-0.25, -0.2) is 0 Å². The van der Waals surface area contributed by atoms with Gasteiger partial charge in [0, 0.05) is 24.8 Å². The minimum absolute atomic E-state index is 0.119. The largest absolute Gasteiger partial charge is 0.324 e. The van der Waals surface area contributed by atoms with Gasteiger partial charge in [-0.1, -0.05) is 37.3 Å². The van der Waals surface area contributed by atoms with E-state index in [2.05, 4.69) is 48.6 Å². The van der Waals surface area contributed by atoms with Crippen LogP contribution in [0.25, 0.3) is 0 Å². The van der Waals surface area contributed by atoms with E-state index in [1.165, 1.54) is 17.5 Å². The molecule has 19 heavy (non-hydrogen) atoms. The molecule has 3 heteroatoms. The Morgan fingerprint density at radius 2 is 2.11 bits per heavy atom. The van der Waals surface area contributed by atoms with Crippen LogP contribution in [0, 0.1) is 5.92 Å². The summed E-state index contributed by atoms with van der Waals surface area (Å²) in [7, 11) is 1.97. The fraction of sp³-hybridized carbons (Fsp3) is 0.438. The van der Waals surface area contributed by atoms with Crippen molar-refractivity contribution in [2.24, 2.45) is 18.7 Å². The van der Waals surface area contributed by atoms with Crippen molar-refractivity contribution >= 4 is 0 Å². The Bertz CT molecular complexity index is 559. The first-order valence-corrected chi connectivity index (χ1v) is 7.03. The van der Waals surface area contributed by atoms with Crippen LogP contribution in [0.15, 0.2) is 36.5 Å². The molecule has 0 bridgehead atoms. The zero-order chi connectivity index (χ0) is 13.4. The summed E-state index contributed by atoms with van der Waals surface area (Å²) in [5, 5.41) is 4.49. The number of hydrogen-bond donors (Lipinski definition) is 1. The van der Waals surface area contributed by atoms with Gasteiger partial charge in [0.15, 0.2) is 0 Å². The molecule has 2 aromatic rings. The van der Waals surface area contributed by atoms with Gasteiger partial charge in [-0.15, -0.1) is 0 Å². The van der Waals surface area contributed by atoms with Crippen molar-refractivity contribution in [1.29, 1.82) is 0 Å². The Balaban J connectivity index is 1.78. The van der Waals surface area contributed by atoms with Crippen molar-refractivity contribution in [3.8, 4) is 0 Å². The summed E-state index contributed by atoms with van der Waals surface area (Å²) in [6, 6.07) is 10.8. The smallest absolute Gasteiger partial charge is 0.0669 e. The Morgan fingerprint density at radius 3 is 2.79 bits per heavy atom. The first kappa shape index (κ1) is 12.4. The number of nitrogens with zero attached hydrogens (tertiary/aromatic N) is 2. The molecule has 3 rings (SSSR count). The van der Waals surface area contributed by atoms with Crippen molar-refractivity contribution in [2.45, 2.75) is 31.7 Å². The second kappa shape index (κ2) is 4.82. The molecule has 3 unspecified atom stereocenters. The van der Waals surface area contributed by atoms with E-state index in [9.17, 15) is 0 Å². The number of nitrogens with two attached hydrogens (primary N) is 1. The molecule has 1 aromatic carbocycles. The quantitative estimate of drug-likeness (QED) is 0.913. The standard InChI is InChI=1S/C16H21N3/c1-3-15-14(10-19(2)18-15)16(17)13-9-12(13)11-7-5-4-6-8-11/h4-8,10,12-13,16H,3,9,17H2,1-2H3. The lowest BCUT2D eigenvalue weighted by molar-refractivity contribution is 0.610. The molecule has 0 radical (unpaired) electrons. The Kier molecular flexibility index (Phi) is 3.15. The first-order valence-electron chi connectivity index (χ1n) is 7.03. The van der Waals surface area contributed by atoms with E-state index in [0.29, 0.717) is 11.8 Å². The third-order valence-electron chi connectivity index (χ3n) is 4.16. The molecule has 3 atom stereocenters. The third kappa shape index (κ3) is 2.30. The van der Waals surface area contributed by atoms with E-state index >= 15 is 0 Å². The van der Waals surface area contributed by atoms with Gasteiger partial charge >= 0.3 is 0 Å². The van der Waals surface area contributed by atoms with Crippen LogP contribution in [0.1, 0.15) is 42.1 Å². The summed E-state index contributed by atoms with van der Waals surface area (Å²) >= 11 is 0. The lowest BCUT2D eigenvalue weighted by Crippen LogP contribution is -2.14. The second-order valence-corrected chi connectivity index (χ2v) is 5.50. The molecule has 2 N–H and O–H groups in total. The van der Waals surface area contributed by atoms with E-state index in [1.54, 1.807) is 0 Å². The van der Waals surface area contributed by atoms with E-state index in [4.69, 9.17) is 5.73 Å². The number of aromatic nitrogens is 2.